The van der Waals surface area contributed by atoms with Crippen LogP contribution in [0.15, 0.2) is 35.5 Å². The Labute approximate surface area is 153 Å². The van der Waals surface area contributed by atoms with Gasteiger partial charge in [-0.05, 0) is 18.9 Å². The van der Waals surface area contributed by atoms with Crippen molar-refractivity contribution < 1.29 is 9.90 Å². The van der Waals surface area contributed by atoms with Gasteiger partial charge >= 0.3 is 6.09 Å². The van der Waals surface area contributed by atoms with Gasteiger partial charge in [-0.1, -0.05) is 0 Å². The molecule has 4 rings (SSSR count). The monoisotopic (exact) mass is 364 g/mol. The van der Waals surface area contributed by atoms with Crippen molar-refractivity contribution in [1.29, 1.82) is 5.26 Å². The van der Waals surface area contributed by atoms with Gasteiger partial charge in [0.2, 0.25) is 5.56 Å². The first kappa shape index (κ1) is 16.8. The number of fused-ring (bicyclic) bond motifs is 1. The molecule has 0 bridgehead atoms. The van der Waals surface area contributed by atoms with Gasteiger partial charge in [0.25, 0.3) is 0 Å². The van der Waals surface area contributed by atoms with Crippen LogP contribution in [0.2, 0.25) is 0 Å². The minimum absolute atomic E-state index is 0.0898. The predicted molar refractivity (Wildman–Crippen MR) is 96.2 cm³/mol. The SMILES string of the molecule is N#Cc1cnc2ccc(=O)[nH]c2c1-c1cnn(C2CCN(C(=O)O)CC2)c1. The number of hydrogen-bond donors (Lipinski definition) is 2. The number of pyridine rings is 2. The van der Waals surface area contributed by atoms with E-state index in [1.54, 1.807) is 12.3 Å². The lowest BCUT2D eigenvalue weighted by atomic mass is 10.0. The third kappa shape index (κ3) is 3.01. The van der Waals surface area contributed by atoms with Crippen molar-refractivity contribution in [2.45, 2.75) is 18.9 Å². The molecule has 1 aliphatic heterocycles. The molecule has 3 aromatic rings. The lowest BCUT2D eigenvalue weighted by Gasteiger charge is -2.30. The van der Waals surface area contributed by atoms with E-state index in [1.165, 1.54) is 17.2 Å². The summed E-state index contributed by atoms with van der Waals surface area (Å²) in [6.45, 7) is 0.925. The van der Waals surface area contributed by atoms with E-state index in [2.05, 4.69) is 21.1 Å². The van der Waals surface area contributed by atoms with Gasteiger partial charge in [-0.25, -0.2) is 4.79 Å². The van der Waals surface area contributed by atoms with E-state index in [1.807, 2.05) is 10.9 Å². The number of nitrogens with one attached hydrogen (secondary N) is 1. The zero-order valence-corrected chi connectivity index (χ0v) is 14.3. The molecular weight excluding hydrogens is 348 g/mol. The summed E-state index contributed by atoms with van der Waals surface area (Å²) in [4.78, 5) is 31.2. The van der Waals surface area contributed by atoms with Crippen molar-refractivity contribution in [3.05, 3.63) is 46.6 Å². The molecule has 1 fully saturated rings. The van der Waals surface area contributed by atoms with Gasteiger partial charge in [-0.15, -0.1) is 0 Å². The van der Waals surface area contributed by atoms with Crippen LogP contribution in [0, 0.1) is 11.3 Å². The van der Waals surface area contributed by atoms with E-state index >= 15 is 0 Å². The molecule has 2 N–H and O–H groups in total. The van der Waals surface area contributed by atoms with Gasteiger partial charge < -0.3 is 15.0 Å². The lowest BCUT2D eigenvalue weighted by Crippen LogP contribution is -2.38. The van der Waals surface area contributed by atoms with Gasteiger partial charge in [0.1, 0.15) is 6.07 Å². The molecule has 0 saturated carbocycles. The van der Waals surface area contributed by atoms with Crippen molar-refractivity contribution >= 4 is 17.1 Å². The summed E-state index contributed by atoms with van der Waals surface area (Å²) in [5.74, 6) is 0. The zero-order chi connectivity index (χ0) is 19.0. The second-order valence-corrected chi connectivity index (χ2v) is 6.45. The second-order valence-electron chi connectivity index (χ2n) is 6.45. The first-order valence-electron chi connectivity index (χ1n) is 8.51. The largest absolute Gasteiger partial charge is 0.465 e. The molecule has 0 atom stereocenters. The topological polar surface area (TPSA) is 128 Å². The number of hydrogen-bond acceptors (Lipinski definition) is 5. The molecule has 0 unspecified atom stereocenters. The number of carboxylic acid groups (broad SMARTS) is 1. The molecule has 1 aliphatic rings. The highest BCUT2D eigenvalue weighted by Crippen LogP contribution is 2.30. The van der Waals surface area contributed by atoms with Crippen molar-refractivity contribution in [2.75, 3.05) is 13.1 Å². The second kappa shape index (κ2) is 6.57. The van der Waals surface area contributed by atoms with Crippen LogP contribution in [0.4, 0.5) is 4.79 Å². The number of rotatable bonds is 2. The molecule has 136 valence electrons. The van der Waals surface area contributed by atoms with Gasteiger partial charge in [0, 0.05) is 42.7 Å². The van der Waals surface area contributed by atoms with E-state index < -0.39 is 6.09 Å². The average Bonchev–Trinajstić information content (AvgIpc) is 3.16. The number of carbonyl (C=O) groups is 1. The zero-order valence-electron chi connectivity index (χ0n) is 14.3. The fourth-order valence-electron chi connectivity index (χ4n) is 3.47. The van der Waals surface area contributed by atoms with Crippen LogP contribution in [0.1, 0.15) is 24.4 Å². The maximum absolute atomic E-state index is 11.8. The molecular formula is C18H16N6O3. The molecule has 1 saturated heterocycles. The summed E-state index contributed by atoms with van der Waals surface area (Å²) in [6.07, 6.45) is 5.42. The molecule has 9 heteroatoms. The van der Waals surface area contributed by atoms with E-state index in [-0.39, 0.29) is 11.6 Å². The van der Waals surface area contributed by atoms with Gasteiger partial charge in [-0.2, -0.15) is 10.4 Å². The van der Waals surface area contributed by atoms with E-state index in [9.17, 15) is 14.9 Å². The molecule has 1 amide bonds. The Hall–Kier alpha value is -3.67. The molecule has 0 radical (unpaired) electrons. The Morgan fingerprint density at radius 2 is 2.07 bits per heavy atom. The Morgan fingerprint density at radius 1 is 1.30 bits per heavy atom. The molecule has 9 nitrogen and oxygen atoms in total. The third-order valence-electron chi connectivity index (χ3n) is 4.87. The van der Waals surface area contributed by atoms with Crippen LogP contribution < -0.4 is 5.56 Å². The van der Waals surface area contributed by atoms with Crippen LogP contribution in [0.5, 0.6) is 0 Å². The van der Waals surface area contributed by atoms with Crippen molar-refractivity contribution in [3.8, 4) is 17.2 Å². The summed E-state index contributed by atoms with van der Waals surface area (Å²) in [7, 11) is 0. The molecule has 0 aliphatic carbocycles. The number of likely N-dealkylation sites (tertiary alicyclic amines) is 1. The van der Waals surface area contributed by atoms with Crippen LogP contribution in [-0.2, 0) is 0 Å². The molecule has 0 spiro atoms. The highest BCUT2D eigenvalue weighted by molar-refractivity contribution is 5.93. The van der Waals surface area contributed by atoms with E-state index in [0.717, 1.165) is 0 Å². The predicted octanol–water partition coefficient (Wildman–Crippen LogP) is 1.97. The third-order valence-corrected chi connectivity index (χ3v) is 4.87. The summed E-state index contributed by atoms with van der Waals surface area (Å²) in [5.41, 5.74) is 2.47. The van der Waals surface area contributed by atoms with Crippen molar-refractivity contribution in [1.82, 2.24) is 24.6 Å². The normalized spacial score (nSPS) is 15.0. The highest BCUT2D eigenvalue weighted by Gasteiger charge is 2.24. The highest BCUT2D eigenvalue weighted by atomic mass is 16.4. The van der Waals surface area contributed by atoms with Crippen molar-refractivity contribution in [3.63, 3.8) is 0 Å². The quantitative estimate of drug-likeness (QED) is 0.715. The first-order chi connectivity index (χ1) is 13.1. The van der Waals surface area contributed by atoms with Crippen LogP contribution in [-0.4, -0.2) is 48.9 Å². The number of H-pyrrole nitrogens is 1. The first-order valence-corrected chi connectivity index (χ1v) is 8.51. The maximum Gasteiger partial charge on any atom is 0.407 e. The van der Waals surface area contributed by atoms with Gasteiger partial charge in [-0.3, -0.25) is 14.5 Å². The number of nitrogens with zero attached hydrogens (tertiary/aromatic N) is 5. The smallest absolute Gasteiger partial charge is 0.407 e. The van der Waals surface area contributed by atoms with Gasteiger partial charge in [0.05, 0.1) is 28.8 Å². The lowest BCUT2D eigenvalue weighted by molar-refractivity contribution is 0.124. The minimum atomic E-state index is -0.902. The number of piperidine rings is 1. The maximum atomic E-state index is 11.8. The minimum Gasteiger partial charge on any atom is -0.465 e. The van der Waals surface area contributed by atoms with Crippen LogP contribution in [0.25, 0.3) is 22.2 Å². The molecule has 4 heterocycles. The van der Waals surface area contributed by atoms with E-state index in [0.29, 0.717) is 53.7 Å². The van der Waals surface area contributed by atoms with E-state index in [4.69, 9.17) is 5.11 Å². The summed E-state index contributed by atoms with van der Waals surface area (Å²) in [6, 6.07) is 5.22. The number of aromatic nitrogens is 4. The number of amides is 1. The Balaban J connectivity index is 1.72. The summed E-state index contributed by atoms with van der Waals surface area (Å²) < 4.78 is 1.81. The Morgan fingerprint density at radius 3 is 2.78 bits per heavy atom. The van der Waals surface area contributed by atoms with Gasteiger partial charge in [0.15, 0.2) is 0 Å². The molecule has 27 heavy (non-hydrogen) atoms. The van der Waals surface area contributed by atoms with Crippen LogP contribution >= 0.6 is 0 Å². The summed E-state index contributed by atoms with van der Waals surface area (Å²) in [5, 5.41) is 23.0. The Kier molecular flexibility index (Phi) is 4.08. The average molecular weight is 364 g/mol. The fourth-order valence-corrected chi connectivity index (χ4v) is 3.47. The Bertz CT molecular complexity index is 1120. The molecule has 3 aromatic heterocycles. The molecule has 0 aromatic carbocycles. The number of nitriles is 1. The van der Waals surface area contributed by atoms with Crippen molar-refractivity contribution in [2.24, 2.45) is 0 Å². The fraction of sp³-hybridized carbons (Fsp3) is 0.278. The standard InChI is InChI=1S/C18H16N6O3/c19-7-11-8-20-14-1-2-15(25)22-17(14)16(11)12-9-21-24(10-12)13-3-5-23(6-4-13)18(26)27/h1-2,8-10,13H,3-6H2,(H,22,25)(H,26,27). The summed E-state index contributed by atoms with van der Waals surface area (Å²) >= 11 is 0. The van der Waals surface area contributed by atoms with Crippen LogP contribution in [0.3, 0.4) is 0 Å². The number of aromatic amines is 1.